The number of esters is 1. The van der Waals surface area contributed by atoms with Gasteiger partial charge in [-0.25, -0.2) is 13.6 Å². The highest BCUT2D eigenvalue weighted by Gasteiger charge is 2.22. The minimum atomic E-state index is -0.786. The Morgan fingerprint density at radius 2 is 1.92 bits per heavy atom. The number of halogens is 2. The van der Waals surface area contributed by atoms with Gasteiger partial charge in [-0.15, -0.1) is 0 Å². The summed E-state index contributed by atoms with van der Waals surface area (Å²) in [7, 11) is 2.76. The number of methoxy groups -OCH3 is 1. The summed E-state index contributed by atoms with van der Waals surface area (Å²) < 4.78 is 31.7. The molecule has 0 aliphatic rings. The first-order valence-electron chi connectivity index (χ1n) is 7.23. The van der Waals surface area contributed by atoms with E-state index in [4.69, 9.17) is 4.74 Å². The molecule has 1 amide bonds. The van der Waals surface area contributed by atoms with Crippen LogP contribution in [0.5, 0.6) is 0 Å². The molecule has 2 aromatic rings. The van der Waals surface area contributed by atoms with Crippen molar-refractivity contribution in [2.45, 2.75) is 20.4 Å². The number of rotatable bonds is 4. The fourth-order valence-corrected chi connectivity index (χ4v) is 2.51. The number of carbonyl (C=O) groups is 2. The number of carbonyl (C=O) groups excluding carboxylic acids is 2. The van der Waals surface area contributed by atoms with Crippen LogP contribution in [0, 0.1) is 25.5 Å². The van der Waals surface area contributed by atoms with Gasteiger partial charge in [0.1, 0.15) is 17.3 Å². The predicted octanol–water partition coefficient (Wildman–Crippen LogP) is 2.97. The van der Waals surface area contributed by atoms with Crippen LogP contribution in [-0.4, -0.2) is 35.9 Å². The highest BCUT2D eigenvalue weighted by molar-refractivity contribution is 5.94. The fraction of sp³-hybridized carbons (Fsp3) is 0.294. The van der Waals surface area contributed by atoms with E-state index in [-0.39, 0.29) is 12.1 Å². The maximum atomic E-state index is 13.8. The molecule has 0 unspecified atom stereocenters. The number of benzene rings is 1. The topological polar surface area (TPSA) is 62.4 Å². The van der Waals surface area contributed by atoms with Crippen molar-refractivity contribution < 1.29 is 23.1 Å². The number of amides is 1. The molecule has 7 heteroatoms. The summed E-state index contributed by atoms with van der Waals surface area (Å²) >= 11 is 0. The maximum Gasteiger partial charge on any atom is 0.354 e. The normalized spacial score (nSPS) is 10.6. The van der Waals surface area contributed by atoms with Crippen LogP contribution in [0.3, 0.4) is 0 Å². The van der Waals surface area contributed by atoms with Crippen molar-refractivity contribution in [3.63, 3.8) is 0 Å². The Labute approximate surface area is 138 Å². The number of aromatic amines is 1. The first-order chi connectivity index (χ1) is 11.3. The number of nitrogens with zero attached hydrogens (tertiary/aromatic N) is 1. The van der Waals surface area contributed by atoms with E-state index in [2.05, 4.69) is 4.98 Å². The van der Waals surface area contributed by atoms with E-state index in [1.165, 1.54) is 19.1 Å². The second-order valence-corrected chi connectivity index (χ2v) is 5.51. The summed E-state index contributed by atoms with van der Waals surface area (Å²) in [6, 6.07) is 2.73. The number of hydrogen-bond donors (Lipinski definition) is 1. The molecule has 0 atom stereocenters. The summed E-state index contributed by atoms with van der Waals surface area (Å²) in [6.07, 6.45) is 0. The minimum Gasteiger partial charge on any atom is -0.464 e. The molecule has 128 valence electrons. The monoisotopic (exact) mass is 336 g/mol. The first-order valence-corrected chi connectivity index (χ1v) is 7.23. The molecule has 0 fully saturated rings. The van der Waals surface area contributed by atoms with Crippen LogP contribution in [0.15, 0.2) is 18.2 Å². The van der Waals surface area contributed by atoms with Gasteiger partial charge in [-0.05, 0) is 43.2 Å². The molecule has 1 N–H and O–H groups in total. The summed E-state index contributed by atoms with van der Waals surface area (Å²) in [5.74, 6) is -2.63. The number of aromatic nitrogens is 1. The third kappa shape index (κ3) is 3.29. The summed E-state index contributed by atoms with van der Waals surface area (Å²) in [5.41, 5.74) is 2.05. The van der Waals surface area contributed by atoms with Crippen LogP contribution in [0.2, 0.25) is 0 Å². The van der Waals surface area contributed by atoms with Crippen molar-refractivity contribution in [3.05, 3.63) is 57.9 Å². The predicted molar refractivity (Wildman–Crippen MR) is 83.8 cm³/mol. The van der Waals surface area contributed by atoms with Crippen LogP contribution in [0.4, 0.5) is 8.78 Å². The van der Waals surface area contributed by atoms with Crippen molar-refractivity contribution in [1.29, 1.82) is 0 Å². The molecule has 5 nitrogen and oxygen atoms in total. The van der Waals surface area contributed by atoms with Crippen LogP contribution >= 0.6 is 0 Å². The Bertz CT molecular complexity index is 799. The molecule has 1 aromatic heterocycles. The zero-order chi connectivity index (χ0) is 18.0. The van der Waals surface area contributed by atoms with Crippen LogP contribution < -0.4 is 0 Å². The smallest absolute Gasteiger partial charge is 0.354 e. The van der Waals surface area contributed by atoms with E-state index >= 15 is 0 Å². The lowest BCUT2D eigenvalue weighted by molar-refractivity contribution is 0.0593. The summed E-state index contributed by atoms with van der Waals surface area (Å²) in [4.78, 5) is 28.2. The van der Waals surface area contributed by atoms with Gasteiger partial charge in [-0.2, -0.15) is 0 Å². The van der Waals surface area contributed by atoms with Crippen molar-refractivity contribution in [1.82, 2.24) is 9.88 Å². The Balaban J connectivity index is 2.28. The molecular weight excluding hydrogens is 318 g/mol. The lowest BCUT2D eigenvalue weighted by Crippen LogP contribution is -2.27. The molecule has 1 aromatic carbocycles. The number of H-pyrrole nitrogens is 1. The Kier molecular flexibility index (Phi) is 5.02. The van der Waals surface area contributed by atoms with Gasteiger partial charge in [0.25, 0.3) is 5.91 Å². The molecule has 0 spiro atoms. The molecule has 0 aliphatic heterocycles. The van der Waals surface area contributed by atoms with Gasteiger partial charge in [0, 0.05) is 19.3 Å². The van der Waals surface area contributed by atoms with Gasteiger partial charge < -0.3 is 14.6 Å². The second-order valence-electron chi connectivity index (χ2n) is 5.51. The highest BCUT2D eigenvalue weighted by atomic mass is 19.1. The third-order valence-electron chi connectivity index (χ3n) is 3.88. The van der Waals surface area contributed by atoms with Gasteiger partial charge in [0.15, 0.2) is 0 Å². The Morgan fingerprint density at radius 3 is 2.54 bits per heavy atom. The Hall–Kier alpha value is -2.70. The lowest BCUT2D eigenvalue weighted by atomic mass is 10.1. The van der Waals surface area contributed by atoms with E-state index in [1.807, 2.05) is 0 Å². The van der Waals surface area contributed by atoms with Crippen LogP contribution in [0.1, 0.15) is 37.7 Å². The standard InChI is InChI=1S/C17H18F2N2O3/c1-9-13(10(2)20-15(9)17(23)24-4)8-21(3)16(22)12-7-11(18)5-6-14(12)19/h5-7,20H,8H2,1-4H3. The SMILES string of the molecule is COC(=O)c1[nH]c(C)c(CN(C)C(=O)c2cc(F)ccc2F)c1C. The molecule has 0 saturated carbocycles. The third-order valence-corrected chi connectivity index (χ3v) is 3.88. The fourth-order valence-electron chi connectivity index (χ4n) is 2.51. The van der Waals surface area contributed by atoms with Crippen LogP contribution in [-0.2, 0) is 11.3 Å². The molecule has 2 rings (SSSR count). The molecule has 0 bridgehead atoms. The molecule has 1 heterocycles. The van der Waals surface area contributed by atoms with Crippen molar-refractivity contribution >= 4 is 11.9 Å². The zero-order valence-electron chi connectivity index (χ0n) is 13.9. The molecule has 0 saturated heterocycles. The van der Waals surface area contributed by atoms with Crippen molar-refractivity contribution in [2.75, 3.05) is 14.2 Å². The Morgan fingerprint density at radius 1 is 1.25 bits per heavy atom. The summed E-state index contributed by atoms with van der Waals surface area (Å²) in [6.45, 7) is 3.63. The molecule has 24 heavy (non-hydrogen) atoms. The molecule has 0 aliphatic carbocycles. The van der Waals surface area contributed by atoms with Gasteiger partial charge in [-0.1, -0.05) is 0 Å². The van der Waals surface area contributed by atoms with Crippen LogP contribution in [0.25, 0.3) is 0 Å². The van der Waals surface area contributed by atoms with Gasteiger partial charge in [0.05, 0.1) is 12.7 Å². The minimum absolute atomic E-state index is 0.139. The van der Waals surface area contributed by atoms with E-state index in [1.54, 1.807) is 13.8 Å². The largest absolute Gasteiger partial charge is 0.464 e. The zero-order valence-corrected chi connectivity index (χ0v) is 13.9. The quantitative estimate of drug-likeness (QED) is 0.873. The lowest BCUT2D eigenvalue weighted by Gasteiger charge is -2.18. The average molecular weight is 336 g/mol. The van der Waals surface area contributed by atoms with Gasteiger partial charge >= 0.3 is 5.97 Å². The highest BCUT2D eigenvalue weighted by Crippen LogP contribution is 2.21. The second kappa shape index (κ2) is 6.82. The number of aryl methyl sites for hydroxylation is 1. The number of hydrogen-bond acceptors (Lipinski definition) is 3. The van der Waals surface area contributed by atoms with Gasteiger partial charge in [0.2, 0.25) is 0 Å². The number of ether oxygens (including phenoxy) is 1. The summed E-state index contributed by atoms with van der Waals surface area (Å²) in [5, 5.41) is 0. The first kappa shape index (κ1) is 17.7. The van der Waals surface area contributed by atoms with Gasteiger partial charge in [-0.3, -0.25) is 4.79 Å². The van der Waals surface area contributed by atoms with Crippen molar-refractivity contribution in [2.24, 2.45) is 0 Å². The molecule has 0 radical (unpaired) electrons. The maximum absolute atomic E-state index is 13.8. The van der Waals surface area contributed by atoms with E-state index in [9.17, 15) is 18.4 Å². The van der Waals surface area contributed by atoms with E-state index in [0.29, 0.717) is 17.0 Å². The number of nitrogens with one attached hydrogen (secondary N) is 1. The average Bonchev–Trinajstić information content (AvgIpc) is 2.83. The van der Waals surface area contributed by atoms with E-state index < -0.39 is 23.5 Å². The molecular formula is C17H18F2N2O3. The van der Waals surface area contributed by atoms with Crippen molar-refractivity contribution in [3.8, 4) is 0 Å². The van der Waals surface area contributed by atoms with E-state index in [0.717, 1.165) is 23.8 Å².